The van der Waals surface area contributed by atoms with Crippen molar-refractivity contribution in [1.29, 1.82) is 0 Å². The molecular weight excluding hydrogens is 528 g/mol. The molecule has 2 aromatic heterocycles. The van der Waals surface area contributed by atoms with Crippen molar-refractivity contribution in [3.8, 4) is 22.8 Å². The molecule has 0 spiro atoms. The molecule has 0 aliphatic heterocycles. The second-order valence-corrected chi connectivity index (χ2v) is 10.1. The van der Waals surface area contributed by atoms with E-state index in [2.05, 4.69) is 20.0 Å². The number of methoxy groups -OCH3 is 1. The standard InChI is InChI=1S/C20H16Cl2FN5O4S2/c1-31-7-6-28-16(4-5-25-28)13-8-12(21)2-3-17(13)32-18-10-15(23)19(9-14(18)22)34(29,30)27-20-26-24-11-33-20/h2-5,8-11H,6-7H2,1H3,(H,26,27). The molecule has 0 unspecified atom stereocenters. The van der Waals surface area contributed by atoms with Gasteiger partial charge in [-0.1, -0.05) is 34.5 Å². The zero-order valence-corrected chi connectivity index (χ0v) is 20.6. The summed E-state index contributed by atoms with van der Waals surface area (Å²) in [7, 11) is -2.70. The molecule has 14 heteroatoms. The van der Waals surface area contributed by atoms with Crippen LogP contribution in [0.15, 0.2) is 53.0 Å². The van der Waals surface area contributed by atoms with Gasteiger partial charge in [0.05, 0.1) is 23.9 Å². The number of anilines is 1. The van der Waals surface area contributed by atoms with Crippen molar-refractivity contribution < 1.29 is 22.3 Å². The molecule has 9 nitrogen and oxygen atoms in total. The van der Waals surface area contributed by atoms with E-state index in [0.29, 0.717) is 35.2 Å². The van der Waals surface area contributed by atoms with Crippen molar-refractivity contribution in [3.63, 3.8) is 0 Å². The third-order valence-electron chi connectivity index (χ3n) is 4.52. The minimum absolute atomic E-state index is 0.00765. The van der Waals surface area contributed by atoms with Gasteiger partial charge in [-0.25, -0.2) is 12.8 Å². The topological polar surface area (TPSA) is 108 Å². The van der Waals surface area contributed by atoms with Crippen LogP contribution in [0.5, 0.6) is 11.5 Å². The van der Waals surface area contributed by atoms with Gasteiger partial charge in [0.1, 0.15) is 27.7 Å². The maximum atomic E-state index is 14.9. The van der Waals surface area contributed by atoms with E-state index in [-0.39, 0.29) is 15.9 Å². The molecule has 4 rings (SSSR count). The molecule has 0 saturated carbocycles. The van der Waals surface area contributed by atoms with Crippen LogP contribution in [-0.4, -0.2) is 42.1 Å². The molecule has 2 heterocycles. The Kier molecular flexibility index (Phi) is 7.33. The van der Waals surface area contributed by atoms with Crippen LogP contribution in [0.4, 0.5) is 9.52 Å². The second-order valence-electron chi connectivity index (χ2n) is 6.74. The Hall–Kier alpha value is -2.77. The average molecular weight is 544 g/mol. The molecular formula is C20H16Cl2FN5O4S2. The molecule has 0 aliphatic rings. The van der Waals surface area contributed by atoms with Crippen LogP contribution >= 0.6 is 34.5 Å². The molecule has 1 N–H and O–H groups in total. The Balaban J connectivity index is 1.68. The summed E-state index contributed by atoms with van der Waals surface area (Å²) in [5, 5.41) is 11.7. The highest BCUT2D eigenvalue weighted by atomic mass is 35.5. The van der Waals surface area contributed by atoms with Gasteiger partial charge in [-0.05, 0) is 30.3 Å². The third kappa shape index (κ3) is 5.31. The zero-order chi connectivity index (χ0) is 24.3. The summed E-state index contributed by atoms with van der Waals surface area (Å²) in [6.45, 7) is 0.915. The van der Waals surface area contributed by atoms with Crippen LogP contribution in [0.2, 0.25) is 10.0 Å². The normalized spacial score (nSPS) is 11.5. The van der Waals surface area contributed by atoms with Gasteiger partial charge < -0.3 is 9.47 Å². The van der Waals surface area contributed by atoms with E-state index in [4.69, 9.17) is 32.7 Å². The van der Waals surface area contributed by atoms with Crippen LogP contribution in [0, 0.1) is 5.82 Å². The number of hydrogen-bond donors (Lipinski definition) is 1. The summed E-state index contributed by atoms with van der Waals surface area (Å²) < 4.78 is 54.9. The molecule has 0 bridgehead atoms. The Morgan fingerprint density at radius 3 is 2.74 bits per heavy atom. The molecule has 0 amide bonds. The van der Waals surface area contributed by atoms with Gasteiger partial charge in [0.15, 0.2) is 0 Å². The first kappa shape index (κ1) is 24.4. The van der Waals surface area contributed by atoms with Crippen molar-refractivity contribution in [2.24, 2.45) is 0 Å². The summed E-state index contributed by atoms with van der Waals surface area (Å²) in [6.07, 6.45) is 1.62. The highest BCUT2D eigenvalue weighted by Crippen LogP contribution is 2.39. The molecule has 34 heavy (non-hydrogen) atoms. The van der Waals surface area contributed by atoms with Crippen molar-refractivity contribution in [3.05, 3.63) is 64.0 Å². The van der Waals surface area contributed by atoms with Gasteiger partial charge in [0, 0.05) is 30.0 Å². The second kappa shape index (κ2) is 10.2. The van der Waals surface area contributed by atoms with E-state index in [0.717, 1.165) is 23.5 Å². The quantitative estimate of drug-likeness (QED) is 0.313. The van der Waals surface area contributed by atoms with Crippen molar-refractivity contribution in [2.75, 3.05) is 18.4 Å². The van der Waals surface area contributed by atoms with Gasteiger partial charge >= 0.3 is 0 Å². The minimum Gasteiger partial charge on any atom is -0.455 e. The van der Waals surface area contributed by atoms with E-state index in [1.54, 1.807) is 42.3 Å². The smallest absolute Gasteiger partial charge is 0.266 e. The molecule has 0 atom stereocenters. The molecule has 2 aromatic carbocycles. The number of aromatic nitrogens is 4. The number of nitrogens with one attached hydrogen (secondary N) is 1. The van der Waals surface area contributed by atoms with Gasteiger partial charge in [-0.15, -0.1) is 10.2 Å². The van der Waals surface area contributed by atoms with Gasteiger partial charge in [-0.2, -0.15) is 5.10 Å². The van der Waals surface area contributed by atoms with Crippen LogP contribution in [-0.2, 0) is 21.3 Å². The fraction of sp³-hybridized carbons (Fsp3) is 0.150. The molecule has 0 aliphatic carbocycles. The molecule has 178 valence electrons. The van der Waals surface area contributed by atoms with E-state index < -0.39 is 20.7 Å². The van der Waals surface area contributed by atoms with Crippen LogP contribution < -0.4 is 9.46 Å². The number of halogens is 3. The maximum absolute atomic E-state index is 14.9. The van der Waals surface area contributed by atoms with Gasteiger partial charge in [0.2, 0.25) is 5.13 Å². The molecule has 0 saturated heterocycles. The van der Waals surface area contributed by atoms with E-state index in [1.807, 2.05) is 0 Å². The van der Waals surface area contributed by atoms with Crippen molar-refractivity contribution in [2.45, 2.75) is 11.4 Å². The van der Waals surface area contributed by atoms with Crippen LogP contribution in [0.25, 0.3) is 11.3 Å². The zero-order valence-electron chi connectivity index (χ0n) is 17.4. The number of sulfonamides is 1. The average Bonchev–Trinajstić information content (AvgIpc) is 3.47. The first-order valence-corrected chi connectivity index (χ1v) is 12.7. The highest BCUT2D eigenvalue weighted by Gasteiger charge is 2.24. The summed E-state index contributed by atoms with van der Waals surface area (Å²) in [5.41, 5.74) is 2.60. The van der Waals surface area contributed by atoms with Crippen LogP contribution in [0.3, 0.4) is 0 Å². The summed E-state index contributed by atoms with van der Waals surface area (Å²) in [6, 6.07) is 8.51. The summed E-state index contributed by atoms with van der Waals surface area (Å²) >= 11 is 13.4. The van der Waals surface area contributed by atoms with Gasteiger partial charge in [-0.3, -0.25) is 9.40 Å². The lowest BCUT2D eigenvalue weighted by atomic mass is 10.1. The monoisotopic (exact) mass is 543 g/mol. The first-order valence-electron chi connectivity index (χ1n) is 9.55. The molecule has 0 fully saturated rings. The fourth-order valence-corrected chi connectivity index (χ4v) is 5.23. The van der Waals surface area contributed by atoms with Crippen molar-refractivity contribution >= 4 is 49.7 Å². The number of ether oxygens (including phenoxy) is 2. The lowest BCUT2D eigenvalue weighted by molar-refractivity contribution is 0.184. The van der Waals surface area contributed by atoms with Crippen LogP contribution in [0.1, 0.15) is 0 Å². The number of nitrogens with zero attached hydrogens (tertiary/aromatic N) is 4. The summed E-state index contributed by atoms with van der Waals surface area (Å²) in [5.74, 6) is -0.829. The Labute approximate surface area is 208 Å². The largest absolute Gasteiger partial charge is 0.455 e. The molecule has 0 radical (unpaired) electrons. The number of hydrogen-bond acceptors (Lipinski definition) is 8. The third-order valence-corrected chi connectivity index (χ3v) is 7.14. The Morgan fingerprint density at radius 1 is 1.18 bits per heavy atom. The maximum Gasteiger partial charge on any atom is 0.266 e. The lowest BCUT2D eigenvalue weighted by Gasteiger charge is -2.15. The molecule has 4 aromatic rings. The summed E-state index contributed by atoms with van der Waals surface area (Å²) in [4.78, 5) is -0.658. The number of benzene rings is 2. The van der Waals surface area contributed by atoms with Crippen molar-refractivity contribution in [1.82, 2.24) is 20.0 Å². The Bertz CT molecular complexity index is 1410. The number of rotatable bonds is 9. The SMILES string of the molecule is COCCn1nccc1-c1cc(Cl)ccc1Oc1cc(F)c(S(=O)(=O)Nc2nncs2)cc1Cl. The van der Waals surface area contributed by atoms with E-state index in [9.17, 15) is 12.8 Å². The van der Waals surface area contributed by atoms with E-state index in [1.165, 1.54) is 5.51 Å². The first-order chi connectivity index (χ1) is 16.3. The minimum atomic E-state index is -4.29. The lowest BCUT2D eigenvalue weighted by Crippen LogP contribution is -2.14. The van der Waals surface area contributed by atoms with E-state index >= 15 is 0 Å². The fourth-order valence-electron chi connectivity index (χ4n) is 3.01. The Morgan fingerprint density at radius 2 is 2.00 bits per heavy atom. The highest BCUT2D eigenvalue weighted by molar-refractivity contribution is 7.93. The predicted octanol–water partition coefficient (Wildman–Crippen LogP) is 5.09. The van der Waals surface area contributed by atoms with Gasteiger partial charge in [0.25, 0.3) is 10.0 Å². The predicted molar refractivity (Wildman–Crippen MR) is 127 cm³/mol.